The third-order valence-corrected chi connectivity index (χ3v) is 2.05. The van der Waals surface area contributed by atoms with Gasteiger partial charge in [0.25, 0.3) is 0 Å². The van der Waals surface area contributed by atoms with Gasteiger partial charge in [0, 0.05) is 23.4 Å². The van der Waals surface area contributed by atoms with Crippen LogP contribution in [0, 0.1) is 18.8 Å². The Labute approximate surface area is 94.1 Å². The molecule has 0 aromatic heterocycles. The summed E-state index contributed by atoms with van der Waals surface area (Å²) < 4.78 is 0. The van der Waals surface area contributed by atoms with Gasteiger partial charge in [-0.2, -0.15) is 0 Å². The highest BCUT2D eigenvalue weighted by atomic mass is 15.1. The van der Waals surface area contributed by atoms with Crippen molar-refractivity contribution in [3.63, 3.8) is 0 Å². The number of nitrogen functional groups attached to an aromatic ring is 2. The number of nitrogens with two attached hydrogens (primary N) is 2. The van der Waals surface area contributed by atoms with Crippen molar-refractivity contribution in [3.05, 3.63) is 33.7 Å². The van der Waals surface area contributed by atoms with E-state index in [0.717, 1.165) is 11.1 Å². The molecular weight excluding hydrogens is 202 g/mol. The lowest BCUT2D eigenvalue weighted by molar-refractivity contribution is 1.01. The van der Waals surface area contributed by atoms with E-state index in [2.05, 4.69) is 21.9 Å². The van der Waals surface area contributed by atoms with Gasteiger partial charge in [-0.05, 0) is 30.2 Å². The monoisotopic (exact) mass is 215 g/mol. The Morgan fingerprint density at radius 2 is 2.19 bits per heavy atom. The molecule has 0 fully saturated rings. The number of hydrogen-bond donors (Lipinski definition) is 2. The van der Waals surface area contributed by atoms with Crippen molar-refractivity contribution in [2.45, 2.75) is 13.3 Å². The second-order valence-electron chi connectivity index (χ2n) is 3.30. The summed E-state index contributed by atoms with van der Waals surface area (Å²) in [5, 5.41) is 3.39. The van der Waals surface area contributed by atoms with Gasteiger partial charge in [-0.3, -0.25) is 0 Å². The number of hydrogen-bond acceptors (Lipinski definition) is 3. The molecule has 1 aromatic carbocycles. The van der Waals surface area contributed by atoms with Crippen LogP contribution in [-0.2, 0) is 0 Å². The minimum Gasteiger partial charge on any atom is -0.397 e. The van der Waals surface area contributed by atoms with Gasteiger partial charge >= 0.3 is 0 Å². The standard InChI is InChI=1S/C11H13N5/c1-8-6-9(7-10(12)11(8)13)4-2-3-5-15-16-14/h6-7H,3,5,12-13H2,1H3. The second-order valence-corrected chi connectivity index (χ2v) is 3.30. The highest BCUT2D eigenvalue weighted by Crippen LogP contribution is 2.20. The van der Waals surface area contributed by atoms with E-state index in [1.807, 2.05) is 13.0 Å². The average molecular weight is 215 g/mol. The summed E-state index contributed by atoms with van der Waals surface area (Å²) >= 11 is 0. The molecule has 5 nitrogen and oxygen atoms in total. The van der Waals surface area contributed by atoms with Crippen molar-refractivity contribution < 1.29 is 0 Å². The lowest BCUT2D eigenvalue weighted by Gasteiger charge is -2.04. The Morgan fingerprint density at radius 1 is 1.44 bits per heavy atom. The highest BCUT2D eigenvalue weighted by molar-refractivity contribution is 5.69. The Bertz CT molecular complexity index is 466. The molecule has 0 spiro atoms. The summed E-state index contributed by atoms with van der Waals surface area (Å²) in [4.78, 5) is 2.64. The number of aryl methyl sites for hydroxylation is 1. The van der Waals surface area contributed by atoms with Gasteiger partial charge in [-0.15, -0.1) is 0 Å². The third-order valence-electron chi connectivity index (χ3n) is 2.05. The van der Waals surface area contributed by atoms with Crippen LogP contribution >= 0.6 is 0 Å². The topological polar surface area (TPSA) is 101 Å². The van der Waals surface area contributed by atoms with Crippen molar-refractivity contribution in [2.24, 2.45) is 5.11 Å². The molecule has 5 heteroatoms. The van der Waals surface area contributed by atoms with Crippen LogP contribution in [0.5, 0.6) is 0 Å². The number of rotatable bonds is 2. The smallest absolute Gasteiger partial charge is 0.0578 e. The Morgan fingerprint density at radius 3 is 2.81 bits per heavy atom. The molecule has 4 N–H and O–H groups in total. The van der Waals surface area contributed by atoms with E-state index in [4.69, 9.17) is 17.0 Å². The van der Waals surface area contributed by atoms with Gasteiger partial charge in [0.2, 0.25) is 0 Å². The van der Waals surface area contributed by atoms with Crippen LogP contribution in [-0.4, -0.2) is 6.54 Å². The van der Waals surface area contributed by atoms with Gasteiger partial charge in [-0.1, -0.05) is 17.0 Å². The van der Waals surface area contributed by atoms with Gasteiger partial charge in [0.1, 0.15) is 0 Å². The molecule has 0 aliphatic rings. The van der Waals surface area contributed by atoms with Crippen molar-refractivity contribution in [1.82, 2.24) is 0 Å². The van der Waals surface area contributed by atoms with E-state index < -0.39 is 0 Å². The summed E-state index contributed by atoms with van der Waals surface area (Å²) in [5.74, 6) is 5.84. The van der Waals surface area contributed by atoms with Crippen LogP contribution in [0.25, 0.3) is 10.4 Å². The number of anilines is 2. The molecule has 0 atom stereocenters. The van der Waals surface area contributed by atoms with E-state index in [0.29, 0.717) is 24.3 Å². The largest absolute Gasteiger partial charge is 0.397 e. The molecule has 0 unspecified atom stereocenters. The lowest BCUT2D eigenvalue weighted by Crippen LogP contribution is -1.97. The van der Waals surface area contributed by atoms with Gasteiger partial charge < -0.3 is 11.5 Å². The van der Waals surface area contributed by atoms with Crippen molar-refractivity contribution >= 4 is 11.4 Å². The number of azide groups is 1. The average Bonchev–Trinajstić information content (AvgIpc) is 2.25. The van der Waals surface area contributed by atoms with Gasteiger partial charge in [-0.25, -0.2) is 0 Å². The zero-order valence-electron chi connectivity index (χ0n) is 9.07. The molecule has 0 amide bonds. The molecule has 0 radical (unpaired) electrons. The van der Waals surface area contributed by atoms with Crippen molar-refractivity contribution in [2.75, 3.05) is 18.0 Å². The Hall–Kier alpha value is -2.31. The fourth-order valence-corrected chi connectivity index (χ4v) is 1.21. The van der Waals surface area contributed by atoms with Crippen LogP contribution in [0.3, 0.4) is 0 Å². The van der Waals surface area contributed by atoms with Crippen molar-refractivity contribution in [3.8, 4) is 11.8 Å². The summed E-state index contributed by atoms with van der Waals surface area (Å²) in [5.41, 5.74) is 22.4. The van der Waals surface area contributed by atoms with Crippen LogP contribution in [0.2, 0.25) is 0 Å². The first-order valence-electron chi connectivity index (χ1n) is 4.80. The molecule has 1 aromatic rings. The van der Waals surface area contributed by atoms with Crippen LogP contribution in [0.4, 0.5) is 11.4 Å². The van der Waals surface area contributed by atoms with E-state index >= 15 is 0 Å². The minimum absolute atomic E-state index is 0.382. The van der Waals surface area contributed by atoms with E-state index in [1.165, 1.54) is 0 Å². The Balaban J connectivity index is 2.78. The Kier molecular flexibility index (Phi) is 4.07. The fourth-order valence-electron chi connectivity index (χ4n) is 1.21. The maximum Gasteiger partial charge on any atom is 0.0578 e. The first kappa shape index (κ1) is 11.8. The van der Waals surface area contributed by atoms with Gasteiger partial charge in [0.05, 0.1) is 11.4 Å². The second kappa shape index (κ2) is 5.54. The molecule has 16 heavy (non-hydrogen) atoms. The van der Waals surface area contributed by atoms with Crippen LogP contribution < -0.4 is 11.5 Å². The summed E-state index contributed by atoms with van der Waals surface area (Å²) in [7, 11) is 0. The van der Waals surface area contributed by atoms with E-state index in [1.54, 1.807) is 6.07 Å². The maximum atomic E-state index is 8.07. The molecule has 1 rings (SSSR count). The maximum absolute atomic E-state index is 8.07. The number of benzene rings is 1. The lowest BCUT2D eigenvalue weighted by atomic mass is 10.1. The molecule has 0 aliphatic carbocycles. The predicted octanol–water partition coefficient (Wildman–Crippen LogP) is 2.21. The predicted molar refractivity (Wildman–Crippen MR) is 65.5 cm³/mol. The first-order chi connectivity index (χ1) is 7.65. The SMILES string of the molecule is Cc1cc(C#CCCN=[N+]=[N-])cc(N)c1N. The summed E-state index contributed by atoms with van der Waals surface area (Å²) in [6.07, 6.45) is 0.535. The molecule has 0 bridgehead atoms. The van der Waals surface area contributed by atoms with Gasteiger partial charge in [0.15, 0.2) is 0 Å². The molecule has 0 heterocycles. The van der Waals surface area contributed by atoms with E-state index in [9.17, 15) is 0 Å². The fraction of sp³-hybridized carbons (Fsp3) is 0.273. The van der Waals surface area contributed by atoms with Crippen LogP contribution in [0.15, 0.2) is 17.2 Å². The zero-order valence-corrected chi connectivity index (χ0v) is 9.07. The minimum atomic E-state index is 0.382. The van der Waals surface area contributed by atoms with Crippen LogP contribution in [0.1, 0.15) is 17.5 Å². The zero-order chi connectivity index (χ0) is 12.0. The normalized spacial score (nSPS) is 8.81. The third kappa shape index (κ3) is 3.12. The molecule has 0 saturated carbocycles. The first-order valence-corrected chi connectivity index (χ1v) is 4.80. The van der Waals surface area contributed by atoms with E-state index in [-0.39, 0.29) is 0 Å². The summed E-state index contributed by atoms with van der Waals surface area (Å²) in [6.45, 7) is 2.27. The molecular formula is C11H13N5. The van der Waals surface area contributed by atoms with Crippen molar-refractivity contribution in [1.29, 1.82) is 0 Å². The number of nitrogens with zero attached hydrogens (tertiary/aromatic N) is 3. The molecule has 82 valence electrons. The summed E-state index contributed by atoms with van der Waals surface area (Å²) in [6, 6.07) is 3.62. The quantitative estimate of drug-likeness (QED) is 0.197. The molecule has 0 aliphatic heterocycles. The molecule has 0 saturated heterocycles. The highest BCUT2D eigenvalue weighted by Gasteiger charge is 1.99.